The Morgan fingerprint density at radius 3 is 2.47 bits per heavy atom. The summed E-state index contributed by atoms with van der Waals surface area (Å²) < 4.78 is 5.20. The Labute approximate surface area is 109 Å². The lowest BCUT2D eigenvalue weighted by Gasteiger charge is -2.20. The number of rotatable bonds is 5. The Bertz CT molecular complexity index is 377. The van der Waals surface area contributed by atoms with Gasteiger partial charge in [-0.15, -0.1) is 0 Å². The number of nitrogens with two attached hydrogens (primary N) is 1. The quantitative estimate of drug-likeness (QED) is 0.875. The molecular weight excluding hydrogens is 234 g/mol. The van der Waals surface area contributed by atoms with Crippen LogP contribution in [0.3, 0.4) is 0 Å². The maximum Gasteiger partial charge on any atom is 0.137 e. The normalized spacial score (nSPS) is 12.9. The predicted octanol–water partition coefficient (Wildman–Crippen LogP) is 3.43. The molecule has 0 amide bonds. The molecule has 2 N–H and O–H groups in total. The summed E-state index contributed by atoms with van der Waals surface area (Å²) in [7, 11) is 1.64. The van der Waals surface area contributed by atoms with Crippen molar-refractivity contribution in [1.29, 1.82) is 0 Å². The Kier molecular flexibility index (Phi) is 5.29. The standard InChI is InChI=1S/C14H22ClNO/c1-9(2)12(8-16)6-11-7-13(15)14(17-4)5-10(11)3/h5,7,9,12H,6,8,16H2,1-4H3. The fourth-order valence-electron chi connectivity index (χ4n) is 1.95. The summed E-state index contributed by atoms with van der Waals surface area (Å²) in [6.07, 6.45) is 0.976. The van der Waals surface area contributed by atoms with Gasteiger partial charge in [-0.2, -0.15) is 0 Å². The molecule has 1 aromatic carbocycles. The van der Waals surface area contributed by atoms with Gasteiger partial charge in [0.05, 0.1) is 12.1 Å². The molecule has 0 radical (unpaired) electrons. The van der Waals surface area contributed by atoms with Gasteiger partial charge in [0.15, 0.2) is 0 Å². The smallest absolute Gasteiger partial charge is 0.137 e. The topological polar surface area (TPSA) is 35.2 Å². The van der Waals surface area contributed by atoms with E-state index in [2.05, 4.69) is 20.8 Å². The van der Waals surface area contributed by atoms with Crippen LogP contribution in [0.25, 0.3) is 0 Å². The molecule has 2 nitrogen and oxygen atoms in total. The molecule has 0 spiro atoms. The van der Waals surface area contributed by atoms with Gasteiger partial charge in [0.1, 0.15) is 5.75 Å². The van der Waals surface area contributed by atoms with Gasteiger partial charge in [-0.25, -0.2) is 0 Å². The molecule has 0 bridgehead atoms. The van der Waals surface area contributed by atoms with Gasteiger partial charge >= 0.3 is 0 Å². The number of benzene rings is 1. The van der Waals surface area contributed by atoms with Crippen molar-refractivity contribution in [3.8, 4) is 5.75 Å². The molecule has 1 aromatic rings. The van der Waals surface area contributed by atoms with Crippen molar-refractivity contribution in [1.82, 2.24) is 0 Å². The molecule has 0 aromatic heterocycles. The first-order valence-corrected chi connectivity index (χ1v) is 6.40. The van der Waals surface area contributed by atoms with Gasteiger partial charge < -0.3 is 10.5 Å². The van der Waals surface area contributed by atoms with E-state index >= 15 is 0 Å². The zero-order chi connectivity index (χ0) is 13.0. The fraction of sp³-hybridized carbons (Fsp3) is 0.571. The van der Waals surface area contributed by atoms with Gasteiger partial charge in [0.2, 0.25) is 0 Å². The van der Waals surface area contributed by atoms with Crippen LogP contribution in [-0.4, -0.2) is 13.7 Å². The van der Waals surface area contributed by atoms with Gasteiger partial charge in [-0.1, -0.05) is 25.4 Å². The first-order chi connectivity index (χ1) is 7.99. The van der Waals surface area contributed by atoms with Crippen LogP contribution in [0.4, 0.5) is 0 Å². The van der Waals surface area contributed by atoms with Crippen molar-refractivity contribution in [3.05, 3.63) is 28.3 Å². The lowest BCUT2D eigenvalue weighted by molar-refractivity contribution is 0.390. The second kappa shape index (κ2) is 6.27. The third-order valence-electron chi connectivity index (χ3n) is 3.34. The van der Waals surface area contributed by atoms with Crippen molar-refractivity contribution in [2.24, 2.45) is 17.6 Å². The molecule has 0 saturated carbocycles. The van der Waals surface area contributed by atoms with Crippen molar-refractivity contribution in [2.45, 2.75) is 27.2 Å². The maximum absolute atomic E-state index is 6.15. The van der Waals surface area contributed by atoms with E-state index in [1.165, 1.54) is 11.1 Å². The summed E-state index contributed by atoms with van der Waals surface area (Å²) in [5.41, 5.74) is 8.29. The largest absolute Gasteiger partial charge is 0.495 e. The van der Waals surface area contributed by atoms with Crippen molar-refractivity contribution in [2.75, 3.05) is 13.7 Å². The van der Waals surface area contributed by atoms with Gasteiger partial charge in [0.25, 0.3) is 0 Å². The zero-order valence-electron chi connectivity index (χ0n) is 11.1. The molecule has 96 valence electrons. The zero-order valence-corrected chi connectivity index (χ0v) is 11.8. The summed E-state index contributed by atoms with van der Waals surface area (Å²) in [5, 5.41) is 0.674. The highest BCUT2D eigenvalue weighted by Gasteiger charge is 2.15. The minimum Gasteiger partial charge on any atom is -0.495 e. The van der Waals surface area contributed by atoms with E-state index in [0.717, 1.165) is 12.2 Å². The van der Waals surface area contributed by atoms with Crippen LogP contribution in [0, 0.1) is 18.8 Å². The fourth-order valence-corrected chi connectivity index (χ4v) is 2.21. The summed E-state index contributed by atoms with van der Waals surface area (Å²) in [6, 6.07) is 3.99. The number of aryl methyl sites for hydroxylation is 1. The molecule has 0 heterocycles. The molecule has 0 aliphatic rings. The Morgan fingerprint density at radius 2 is 2.00 bits per heavy atom. The molecule has 0 aliphatic heterocycles. The summed E-state index contributed by atoms with van der Waals surface area (Å²) in [5.74, 6) is 1.82. The first kappa shape index (κ1) is 14.3. The molecule has 0 fully saturated rings. The molecule has 17 heavy (non-hydrogen) atoms. The van der Waals surface area contributed by atoms with Crippen molar-refractivity contribution < 1.29 is 4.74 Å². The summed E-state index contributed by atoms with van der Waals surface area (Å²) >= 11 is 6.15. The Hall–Kier alpha value is -0.730. The predicted molar refractivity (Wildman–Crippen MR) is 73.8 cm³/mol. The lowest BCUT2D eigenvalue weighted by Crippen LogP contribution is -2.22. The monoisotopic (exact) mass is 255 g/mol. The van der Waals surface area contributed by atoms with E-state index in [-0.39, 0.29) is 0 Å². The molecular formula is C14H22ClNO. The SMILES string of the molecule is COc1cc(C)c(CC(CN)C(C)C)cc1Cl. The highest BCUT2D eigenvalue weighted by molar-refractivity contribution is 6.32. The van der Waals surface area contributed by atoms with Crippen molar-refractivity contribution >= 4 is 11.6 Å². The van der Waals surface area contributed by atoms with Crippen LogP contribution < -0.4 is 10.5 Å². The number of hydrogen-bond donors (Lipinski definition) is 1. The summed E-state index contributed by atoms with van der Waals surface area (Å²) in [6.45, 7) is 7.21. The number of methoxy groups -OCH3 is 1. The van der Waals surface area contributed by atoms with E-state index in [4.69, 9.17) is 22.1 Å². The average molecular weight is 256 g/mol. The van der Waals surface area contributed by atoms with E-state index < -0.39 is 0 Å². The Morgan fingerprint density at radius 1 is 1.35 bits per heavy atom. The molecule has 3 heteroatoms. The second-order valence-electron chi connectivity index (χ2n) is 4.86. The van der Waals surface area contributed by atoms with Gasteiger partial charge in [-0.3, -0.25) is 0 Å². The van der Waals surface area contributed by atoms with Crippen LogP contribution in [0.1, 0.15) is 25.0 Å². The third kappa shape index (κ3) is 3.62. The highest BCUT2D eigenvalue weighted by Crippen LogP contribution is 2.29. The average Bonchev–Trinajstić information content (AvgIpc) is 2.29. The minimum atomic E-state index is 0.498. The van der Waals surface area contributed by atoms with E-state index in [9.17, 15) is 0 Å². The van der Waals surface area contributed by atoms with Crippen LogP contribution in [0.5, 0.6) is 5.75 Å². The molecule has 1 atom stereocenters. The lowest BCUT2D eigenvalue weighted by atomic mass is 9.88. The van der Waals surface area contributed by atoms with Gasteiger partial charge in [-0.05, 0) is 55.0 Å². The van der Waals surface area contributed by atoms with Crippen LogP contribution in [0.2, 0.25) is 5.02 Å². The molecule has 0 saturated heterocycles. The molecule has 1 rings (SSSR count). The van der Waals surface area contributed by atoms with Gasteiger partial charge in [0, 0.05) is 0 Å². The third-order valence-corrected chi connectivity index (χ3v) is 3.63. The van der Waals surface area contributed by atoms with Crippen LogP contribution >= 0.6 is 11.6 Å². The van der Waals surface area contributed by atoms with E-state index in [1.54, 1.807) is 7.11 Å². The van der Waals surface area contributed by atoms with Crippen LogP contribution in [0.15, 0.2) is 12.1 Å². The summed E-state index contributed by atoms with van der Waals surface area (Å²) in [4.78, 5) is 0. The first-order valence-electron chi connectivity index (χ1n) is 6.02. The molecule has 0 aliphatic carbocycles. The van der Waals surface area contributed by atoms with Crippen LogP contribution in [-0.2, 0) is 6.42 Å². The Balaban J connectivity index is 2.95. The maximum atomic E-state index is 6.15. The number of hydrogen-bond acceptors (Lipinski definition) is 2. The second-order valence-corrected chi connectivity index (χ2v) is 5.26. The number of ether oxygens (including phenoxy) is 1. The molecule has 1 unspecified atom stereocenters. The highest BCUT2D eigenvalue weighted by atomic mass is 35.5. The number of halogens is 1. The minimum absolute atomic E-state index is 0.498. The van der Waals surface area contributed by atoms with E-state index in [0.29, 0.717) is 23.4 Å². The van der Waals surface area contributed by atoms with E-state index in [1.807, 2.05) is 12.1 Å². The van der Waals surface area contributed by atoms with Crippen molar-refractivity contribution in [3.63, 3.8) is 0 Å².